The molecule has 0 spiro atoms. The van der Waals surface area contributed by atoms with Gasteiger partial charge in [-0.25, -0.2) is 9.78 Å². The largest absolute Gasteiger partial charge is 0.375 e. The summed E-state index contributed by atoms with van der Waals surface area (Å²) in [5.41, 5.74) is 4.63. The maximum absolute atomic E-state index is 12.9. The number of morpholine rings is 1. The van der Waals surface area contributed by atoms with Crippen LogP contribution in [0.5, 0.6) is 0 Å². The number of aromatic nitrogens is 3. The van der Waals surface area contributed by atoms with Crippen molar-refractivity contribution < 1.29 is 4.74 Å². The van der Waals surface area contributed by atoms with Crippen LogP contribution < -0.4 is 5.69 Å². The van der Waals surface area contributed by atoms with Gasteiger partial charge in [-0.05, 0) is 41.7 Å². The quantitative estimate of drug-likeness (QED) is 0.634. The molecule has 0 amide bonds. The highest BCUT2D eigenvalue weighted by molar-refractivity contribution is 5.78. The summed E-state index contributed by atoms with van der Waals surface area (Å²) in [5.74, 6) is 0. The summed E-state index contributed by atoms with van der Waals surface area (Å²) < 4.78 is 9.11. The smallest absolute Gasteiger partial charge is 0.330 e. The number of hydrogen-bond acceptors (Lipinski definition) is 5. The second-order valence-corrected chi connectivity index (χ2v) is 10.3. The van der Waals surface area contributed by atoms with Gasteiger partial charge in [-0.15, -0.1) is 0 Å². The maximum Gasteiger partial charge on any atom is 0.330 e. The molecule has 2 aliphatic heterocycles. The molecule has 7 nitrogen and oxygen atoms in total. The number of aryl methyl sites for hydroxylation is 1. The number of pyridine rings is 1. The Balaban J connectivity index is 1.53. The van der Waals surface area contributed by atoms with E-state index in [4.69, 9.17) is 9.72 Å². The van der Waals surface area contributed by atoms with Crippen LogP contribution in [0.2, 0.25) is 0 Å². The molecule has 3 aromatic rings. The summed E-state index contributed by atoms with van der Waals surface area (Å²) >= 11 is 0. The van der Waals surface area contributed by atoms with E-state index < -0.39 is 0 Å². The highest BCUT2D eigenvalue weighted by atomic mass is 16.5. The minimum atomic E-state index is -0.0693. The molecular weight excluding hydrogens is 402 g/mol. The molecule has 2 aromatic heterocycles. The van der Waals surface area contributed by atoms with Gasteiger partial charge in [-0.2, -0.15) is 5.26 Å². The predicted octanol–water partition coefficient (Wildman–Crippen LogP) is 3.29. The lowest BCUT2D eigenvalue weighted by molar-refractivity contribution is 0.0273. The van der Waals surface area contributed by atoms with E-state index in [1.165, 1.54) is 0 Å². The molecule has 7 heteroatoms. The summed E-state index contributed by atoms with van der Waals surface area (Å²) in [6.45, 7) is 9.57. The summed E-state index contributed by atoms with van der Waals surface area (Å²) in [6, 6.07) is 12.7. The summed E-state index contributed by atoms with van der Waals surface area (Å²) in [7, 11) is 1.76. The van der Waals surface area contributed by atoms with Gasteiger partial charge in [-0.1, -0.05) is 26.8 Å². The van der Waals surface area contributed by atoms with Gasteiger partial charge in [0.05, 0.1) is 35.6 Å². The van der Waals surface area contributed by atoms with Crippen LogP contribution in [0.3, 0.4) is 0 Å². The second-order valence-electron chi connectivity index (χ2n) is 10.3. The van der Waals surface area contributed by atoms with Gasteiger partial charge in [-0.3, -0.25) is 14.0 Å². The zero-order valence-electron chi connectivity index (χ0n) is 19.1. The molecule has 2 bridgehead atoms. The fourth-order valence-electron chi connectivity index (χ4n) is 4.96. The van der Waals surface area contributed by atoms with E-state index in [9.17, 15) is 10.1 Å². The first kappa shape index (κ1) is 20.9. The highest BCUT2D eigenvalue weighted by Gasteiger charge is 2.38. The van der Waals surface area contributed by atoms with Gasteiger partial charge in [0.25, 0.3) is 0 Å². The van der Waals surface area contributed by atoms with Crippen LogP contribution >= 0.6 is 0 Å². The van der Waals surface area contributed by atoms with Crippen LogP contribution in [0.15, 0.2) is 35.1 Å². The monoisotopic (exact) mass is 431 g/mol. The highest BCUT2D eigenvalue weighted by Crippen LogP contribution is 2.31. The lowest BCUT2D eigenvalue weighted by Gasteiger charge is -2.26. The Morgan fingerprint density at radius 3 is 2.72 bits per heavy atom. The van der Waals surface area contributed by atoms with Crippen LogP contribution in [0.25, 0.3) is 22.4 Å². The molecule has 2 saturated heterocycles. The molecule has 1 aromatic carbocycles. The third-order valence-electron chi connectivity index (χ3n) is 6.49. The van der Waals surface area contributed by atoms with Crippen LogP contribution in [0.1, 0.15) is 38.3 Å². The SMILES string of the molecule is Cn1c(=O)n(CC(C)(C)C)c2ccc(-c3cc(CN4C[C@H]5C[C@@H]4CO5)ccc3C#N)nc21. The number of fused-ring (bicyclic) bond motifs is 3. The molecule has 0 unspecified atom stereocenters. The van der Waals surface area contributed by atoms with Gasteiger partial charge in [0.2, 0.25) is 0 Å². The van der Waals surface area contributed by atoms with E-state index in [0.717, 1.165) is 42.8 Å². The summed E-state index contributed by atoms with van der Waals surface area (Å²) in [4.78, 5) is 20.2. The van der Waals surface area contributed by atoms with Crippen LogP contribution in [0.4, 0.5) is 0 Å². The Morgan fingerprint density at radius 2 is 2.06 bits per heavy atom. The standard InChI is InChI=1S/C25H29N5O2/c1-25(2,3)15-30-22-8-7-21(27-23(22)28(4)24(30)31)20-9-16(5-6-17(20)11-26)12-29-13-19-10-18(29)14-32-19/h5-9,18-19H,10,12-15H2,1-4H3/t18-,19-/m1/s1. The van der Waals surface area contributed by atoms with E-state index in [0.29, 0.717) is 35.6 Å². The Kier molecular flexibility index (Phi) is 4.95. The fraction of sp³-hybridized carbons (Fsp3) is 0.480. The molecule has 0 saturated carbocycles. The number of rotatable bonds is 4. The lowest BCUT2D eigenvalue weighted by Crippen LogP contribution is -2.36. The van der Waals surface area contributed by atoms with Crippen molar-refractivity contribution in [2.45, 2.75) is 52.4 Å². The minimum Gasteiger partial charge on any atom is -0.375 e. The van der Waals surface area contributed by atoms with Gasteiger partial charge >= 0.3 is 5.69 Å². The van der Waals surface area contributed by atoms with E-state index in [1.54, 1.807) is 16.2 Å². The van der Waals surface area contributed by atoms with Gasteiger partial charge in [0.15, 0.2) is 5.65 Å². The molecule has 166 valence electrons. The number of benzene rings is 1. The van der Waals surface area contributed by atoms with Crippen molar-refractivity contribution in [3.8, 4) is 17.3 Å². The molecule has 0 aliphatic carbocycles. The number of hydrogen-bond donors (Lipinski definition) is 0. The number of imidazole rings is 1. The average Bonchev–Trinajstić information content (AvgIpc) is 3.44. The van der Waals surface area contributed by atoms with Gasteiger partial charge < -0.3 is 4.74 Å². The Bertz CT molecular complexity index is 1290. The lowest BCUT2D eigenvalue weighted by atomic mass is 9.97. The molecule has 4 heterocycles. The zero-order chi connectivity index (χ0) is 22.6. The number of ether oxygens (including phenoxy) is 1. The Hall–Kier alpha value is -2.95. The molecule has 32 heavy (non-hydrogen) atoms. The topological polar surface area (TPSA) is 76.1 Å². The van der Waals surface area contributed by atoms with E-state index in [-0.39, 0.29) is 11.1 Å². The van der Waals surface area contributed by atoms with Crippen molar-refractivity contribution in [2.24, 2.45) is 12.5 Å². The molecule has 5 rings (SSSR count). The second kappa shape index (κ2) is 7.58. The third-order valence-corrected chi connectivity index (χ3v) is 6.49. The van der Waals surface area contributed by atoms with Crippen molar-refractivity contribution in [3.63, 3.8) is 0 Å². The maximum atomic E-state index is 12.9. The van der Waals surface area contributed by atoms with Crippen LogP contribution in [-0.2, 0) is 24.9 Å². The molecule has 2 atom stereocenters. The first-order chi connectivity index (χ1) is 15.2. The fourth-order valence-corrected chi connectivity index (χ4v) is 4.96. The molecule has 0 N–H and O–H groups in total. The molecular formula is C25H29N5O2. The predicted molar refractivity (Wildman–Crippen MR) is 123 cm³/mol. The number of nitrogens with zero attached hydrogens (tertiary/aromatic N) is 5. The van der Waals surface area contributed by atoms with Crippen molar-refractivity contribution in [1.82, 2.24) is 19.0 Å². The van der Waals surface area contributed by atoms with Crippen molar-refractivity contribution in [1.29, 1.82) is 5.26 Å². The van der Waals surface area contributed by atoms with E-state index in [2.05, 4.69) is 37.8 Å². The Labute approximate surface area is 187 Å². The number of likely N-dealkylation sites (tertiary alicyclic amines) is 1. The molecule has 0 radical (unpaired) electrons. The van der Waals surface area contributed by atoms with Crippen molar-refractivity contribution >= 4 is 11.2 Å². The van der Waals surface area contributed by atoms with E-state index in [1.807, 2.05) is 24.3 Å². The zero-order valence-corrected chi connectivity index (χ0v) is 19.1. The number of nitriles is 1. The van der Waals surface area contributed by atoms with Crippen LogP contribution in [-0.4, -0.2) is 44.3 Å². The summed E-state index contributed by atoms with van der Waals surface area (Å²) in [6.07, 6.45) is 1.47. The van der Waals surface area contributed by atoms with Gasteiger partial charge in [0.1, 0.15) is 0 Å². The van der Waals surface area contributed by atoms with Crippen LogP contribution in [0, 0.1) is 16.7 Å². The molecule has 2 fully saturated rings. The molecule has 2 aliphatic rings. The third kappa shape index (κ3) is 3.64. The first-order valence-electron chi connectivity index (χ1n) is 11.2. The normalized spacial score (nSPS) is 20.8. The van der Waals surface area contributed by atoms with Crippen molar-refractivity contribution in [3.05, 3.63) is 51.9 Å². The minimum absolute atomic E-state index is 0.0286. The van der Waals surface area contributed by atoms with Crippen molar-refractivity contribution in [2.75, 3.05) is 13.2 Å². The average molecular weight is 432 g/mol. The van der Waals surface area contributed by atoms with E-state index >= 15 is 0 Å². The Morgan fingerprint density at radius 1 is 1.25 bits per heavy atom. The summed E-state index contributed by atoms with van der Waals surface area (Å²) in [5, 5.41) is 9.72. The van der Waals surface area contributed by atoms with Gasteiger partial charge in [0, 0.05) is 38.3 Å². The first-order valence-corrected chi connectivity index (χ1v) is 11.2.